The van der Waals surface area contributed by atoms with Gasteiger partial charge in [-0.2, -0.15) is 0 Å². The predicted octanol–water partition coefficient (Wildman–Crippen LogP) is 4.63. The van der Waals surface area contributed by atoms with Gasteiger partial charge in [-0.15, -0.1) is 0 Å². The van der Waals surface area contributed by atoms with E-state index < -0.39 is 17.5 Å². The molecule has 6 heteroatoms. The second-order valence-corrected chi connectivity index (χ2v) is 5.00. The van der Waals surface area contributed by atoms with Gasteiger partial charge in [-0.05, 0) is 52.3 Å². The van der Waals surface area contributed by atoms with Crippen LogP contribution in [0.3, 0.4) is 0 Å². The first-order valence-corrected chi connectivity index (χ1v) is 6.36. The fraction of sp³-hybridized carbons (Fsp3) is 0. The Balaban J connectivity index is 2.23. The third kappa shape index (κ3) is 3.30. The SMILES string of the molecule is O=C(Nc1ccc(F)c(Br)c1)c1ccc(Cl)cc1F. The van der Waals surface area contributed by atoms with Crippen molar-refractivity contribution < 1.29 is 13.6 Å². The lowest BCUT2D eigenvalue weighted by Crippen LogP contribution is -2.13. The first-order chi connectivity index (χ1) is 8.97. The quantitative estimate of drug-likeness (QED) is 0.844. The minimum atomic E-state index is -0.717. The fourth-order valence-electron chi connectivity index (χ4n) is 1.45. The molecule has 0 bridgehead atoms. The second kappa shape index (κ2) is 5.67. The maximum atomic E-state index is 13.5. The largest absolute Gasteiger partial charge is 0.322 e. The number of hydrogen-bond acceptors (Lipinski definition) is 1. The zero-order valence-corrected chi connectivity index (χ0v) is 11.7. The highest BCUT2D eigenvalue weighted by Gasteiger charge is 2.12. The Labute approximate surface area is 121 Å². The van der Waals surface area contributed by atoms with E-state index in [0.29, 0.717) is 5.69 Å². The summed E-state index contributed by atoms with van der Waals surface area (Å²) in [5.41, 5.74) is 0.220. The van der Waals surface area contributed by atoms with E-state index in [4.69, 9.17) is 11.6 Å². The number of carbonyl (C=O) groups is 1. The molecule has 0 aromatic heterocycles. The van der Waals surface area contributed by atoms with Crippen molar-refractivity contribution in [2.75, 3.05) is 5.32 Å². The molecule has 0 saturated heterocycles. The van der Waals surface area contributed by atoms with E-state index in [-0.39, 0.29) is 15.1 Å². The average molecular weight is 347 g/mol. The lowest BCUT2D eigenvalue weighted by atomic mass is 10.2. The van der Waals surface area contributed by atoms with Gasteiger partial charge in [0.1, 0.15) is 11.6 Å². The zero-order chi connectivity index (χ0) is 14.0. The molecule has 1 amide bonds. The summed E-state index contributed by atoms with van der Waals surface area (Å²) in [4.78, 5) is 11.8. The molecule has 1 N–H and O–H groups in total. The van der Waals surface area contributed by atoms with Crippen LogP contribution in [0.25, 0.3) is 0 Å². The van der Waals surface area contributed by atoms with Crippen molar-refractivity contribution in [2.45, 2.75) is 0 Å². The van der Waals surface area contributed by atoms with Crippen molar-refractivity contribution in [1.29, 1.82) is 0 Å². The molecule has 0 aliphatic heterocycles. The van der Waals surface area contributed by atoms with Gasteiger partial charge in [-0.3, -0.25) is 4.79 Å². The van der Waals surface area contributed by atoms with Gasteiger partial charge in [-0.1, -0.05) is 11.6 Å². The van der Waals surface area contributed by atoms with Crippen LogP contribution in [0, 0.1) is 11.6 Å². The van der Waals surface area contributed by atoms with Gasteiger partial charge >= 0.3 is 0 Å². The molecule has 0 unspecified atom stereocenters. The van der Waals surface area contributed by atoms with Gasteiger partial charge in [0.2, 0.25) is 0 Å². The molecule has 2 aromatic carbocycles. The molecule has 2 aromatic rings. The van der Waals surface area contributed by atoms with Crippen molar-refractivity contribution in [2.24, 2.45) is 0 Å². The minimum absolute atomic E-state index is 0.134. The van der Waals surface area contributed by atoms with Crippen molar-refractivity contribution in [3.05, 3.63) is 63.1 Å². The number of anilines is 1. The Morgan fingerprint density at radius 3 is 2.47 bits per heavy atom. The lowest BCUT2D eigenvalue weighted by Gasteiger charge is -2.07. The van der Waals surface area contributed by atoms with Gasteiger partial charge in [0.25, 0.3) is 5.91 Å². The predicted molar refractivity (Wildman–Crippen MR) is 73.5 cm³/mol. The molecule has 0 atom stereocenters. The molecule has 98 valence electrons. The van der Waals surface area contributed by atoms with Crippen LogP contribution in [0.1, 0.15) is 10.4 Å². The number of amides is 1. The topological polar surface area (TPSA) is 29.1 Å². The Hall–Kier alpha value is -1.46. The molecule has 19 heavy (non-hydrogen) atoms. The van der Waals surface area contributed by atoms with Crippen LogP contribution in [-0.4, -0.2) is 5.91 Å². The van der Waals surface area contributed by atoms with Crippen LogP contribution in [0.5, 0.6) is 0 Å². The first-order valence-electron chi connectivity index (χ1n) is 5.19. The summed E-state index contributed by atoms with van der Waals surface area (Å²) in [7, 11) is 0. The molecular weight excluding hydrogens is 340 g/mol. The summed E-state index contributed by atoms with van der Waals surface area (Å²) in [6, 6.07) is 7.72. The van der Waals surface area contributed by atoms with E-state index in [1.165, 1.54) is 30.3 Å². The van der Waals surface area contributed by atoms with Gasteiger partial charge in [0, 0.05) is 10.7 Å². The zero-order valence-electron chi connectivity index (χ0n) is 9.38. The number of hydrogen-bond donors (Lipinski definition) is 1. The van der Waals surface area contributed by atoms with Crippen LogP contribution in [0.15, 0.2) is 40.9 Å². The summed E-state index contributed by atoms with van der Waals surface area (Å²) >= 11 is 8.60. The Morgan fingerprint density at radius 2 is 1.84 bits per heavy atom. The molecular formula is C13H7BrClF2NO. The molecule has 2 nitrogen and oxygen atoms in total. The van der Waals surface area contributed by atoms with Gasteiger partial charge < -0.3 is 5.32 Å². The molecule has 0 heterocycles. The second-order valence-electron chi connectivity index (χ2n) is 3.71. The van der Waals surface area contributed by atoms with Crippen LogP contribution in [0.2, 0.25) is 5.02 Å². The summed E-state index contributed by atoms with van der Waals surface area (Å²) in [6.07, 6.45) is 0. The number of nitrogens with one attached hydrogen (secondary N) is 1. The van der Waals surface area contributed by atoms with Crippen LogP contribution in [0.4, 0.5) is 14.5 Å². The summed E-state index contributed by atoms with van der Waals surface area (Å²) < 4.78 is 26.8. The van der Waals surface area contributed by atoms with Gasteiger partial charge in [0.05, 0.1) is 10.0 Å². The summed E-state index contributed by atoms with van der Waals surface area (Å²) in [5.74, 6) is -1.80. The number of halogens is 4. The Kier molecular flexibility index (Phi) is 4.17. The molecule has 2 rings (SSSR count). The van der Waals surface area contributed by atoms with Crippen molar-refractivity contribution >= 4 is 39.1 Å². The van der Waals surface area contributed by atoms with Crippen LogP contribution < -0.4 is 5.32 Å². The number of rotatable bonds is 2. The normalized spacial score (nSPS) is 10.3. The van der Waals surface area contributed by atoms with Crippen molar-refractivity contribution in [3.63, 3.8) is 0 Å². The van der Waals surface area contributed by atoms with Crippen LogP contribution >= 0.6 is 27.5 Å². The van der Waals surface area contributed by atoms with E-state index in [9.17, 15) is 13.6 Å². The summed E-state index contributed by atoms with van der Waals surface area (Å²) in [6.45, 7) is 0. The standard InChI is InChI=1S/C13H7BrClF2NO/c14-10-6-8(2-4-11(10)16)18-13(19)9-3-1-7(15)5-12(9)17/h1-6H,(H,18,19). The summed E-state index contributed by atoms with van der Waals surface area (Å²) in [5, 5.41) is 2.67. The molecule has 0 aliphatic carbocycles. The van der Waals surface area contributed by atoms with Crippen molar-refractivity contribution in [3.8, 4) is 0 Å². The average Bonchev–Trinajstić information content (AvgIpc) is 2.33. The third-order valence-corrected chi connectivity index (χ3v) is 3.20. The van der Waals surface area contributed by atoms with E-state index in [0.717, 1.165) is 6.07 Å². The van der Waals surface area contributed by atoms with Crippen LogP contribution in [-0.2, 0) is 0 Å². The molecule has 0 aliphatic rings. The van der Waals surface area contributed by atoms with E-state index in [1.54, 1.807) is 0 Å². The van der Waals surface area contributed by atoms with E-state index >= 15 is 0 Å². The van der Waals surface area contributed by atoms with E-state index in [2.05, 4.69) is 21.2 Å². The highest BCUT2D eigenvalue weighted by Crippen LogP contribution is 2.21. The van der Waals surface area contributed by atoms with Gasteiger partial charge in [0.15, 0.2) is 0 Å². The lowest BCUT2D eigenvalue weighted by molar-refractivity contribution is 0.102. The first kappa shape index (κ1) is 14.0. The number of carbonyl (C=O) groups excluding carboxylic acids is 1. The molecule has 0 fully saturated rings. The molecule has 0 saturated carbocycles. The maximum Gasteiger partial charge on any atom is 0.258 e. The fourth-order valence-corrected chi connectivity index (χ4v) is 1.98. The smallest absolute Gasteiger partial charge is 0.258 e. The third-order valence-electron chi connectivity index (χ3n) is 2.35. The monoisotopic (exact) mass is 345 g/mol. The molecule has 0 spiro atoms. The number of benzene rings is 2. The van der Waals surface area contributed by atoms with E-state index in [1.807, 2.05) is 0 Å². The highest BCUT2D eigenvalue weighted by atomic mass is 79.9. The van der Waals surface area contributed by atoms with Gasteiger partial charge in [-0.25, -0.2) is 8.78 Å². The Morgan fingerprint density at radius 1 is 1.11 bits per heavy atom. The highest BCUT2D eigenvalue weighted by molar-refractivity contribution is 9.10. The maximum absolute atomic E-state index is 13.5. The molecule has 0 radical (unpaired) electrons. The minimum Gasteiger partial charge on any atom is -0.322 e. The van der Waals surface area contributed by atoms with Crippen molar-refractivity contribution in [1.82, 2.24) is 0 Å². The Bertz CT molecular complexity index is 649.